The van der Waals surface area contributed by atoms with E-state index in [9.17, 15) is 13.2 Å². The van der Waals surface area contributed by atoms with E-state index >= 15 is 0 Å². The summed E-state index contributed by atoms with van der Waals surface area (Å²) in [6.45, 7) is 0.846. The molecule has 0 fully saturated rings. The molecule has 0 aromatic heterocycles. The van der Waals surface area contributed by atoms with Crippen LogP contribution in [0.25, 0.3) is 0 Å². The summed E-state index contributed by atoms with van der Waals surface area (Å²) in [7, 11) is 1.52. The number of nitrogens with one attached hydrogen (secondary N) is 2. The monoisotopic (exact) mass is 278 g/mol. The molecular weight excluding hydrogens is 265 g/mol. The zero-order chi connectivity index (χ0) is 13.6. The summed E-state index contributed by atoms with van der Waals surface area (Å²) in [5.74, 6) is 0. The maximum absolute atomic E-state index is 12.7. The third-order valence-electron chi connectivity index (χ3n) is 2.07. The second-order valence-electron chi connectivity index (χ2n) is 3.42. The smallest absolute Gasteiger partial charge is 0.383 e. The van der Waals surface area contributed by atoms with E-state index in [1.807, 2.05) is 0 Å². The molecule has 0 atom stereocenters. The Labute approximate surface area is 108 Å². The topological polar surface area (TPSA) is 33.3 Å². The number of alkyl halides is 3. The first-order valence-electron chi connectivity index (χ1n) is 5.15. The fraction of sp³-hybridized carbons (Fsp3) is 0.364. The summed E-state index contributed by atoms with van der Waals surface area (Å²) in [5.41, 5.74) is -0.819. The number of para-hydroxylation sites is 1. The van der Waals surface area contributed by atoms with Gasteiger partial charge in [-0.25, -0.2) is 0 Å². The molecule has 1 aromatic carbocycles. The molecular formula is C11H13F3N2OS. The number of hydrogen-bond acceptors (Lipinski definition) is 2. The lowest BCUT2D eigenvalue weighted by molar-refractivity contribution is -0.136. The average Bonchev–Trinajstić information content (AvgIpc) is 2.28. The lowest BCUT2D eigenvalue weighted by Crippen LogP contribution is -2.31. The Kier molecular flexibility index (Phi) is 5.36. The zero-order valence-electron chi connectivity index (χ0n) is 9.67. The Morgan fingerprint density at radius 1 is 1.33 bits per heavy atom. The van der Waals surface area contributed by atoms with E-state index in [4.69, 9.17) is 17.0 Å². The van der Waals surface area contributed by atoms with Gasteiger partial charge in [0.15, 0.2) is 5.11 Å². The van der Waals surface area contributed by atoms with Crippen molar-refractivity contribution in [2.45, 2.75) is 6.18 Å². The van der Waals surface area contributed by atoms with Crippen molar-refractivity contribution in [1.29, 1.82) is 0 Å². The number of ether oxygens (including phenoxy) is 1. The number of thiocarbonyl (C=S) groups is 1. The van der Waals surface area contributed by atoms with Gasteiger partial charge in [0.2, 0.25) is 0 Å². The molecule has 0 aliphatic carbocycles. The predicted molar refractivity (Wildman–Crippen MR) is 67.5 cm³/mol. The Morgan fingerprint density at radius 2 is 2.00 bits per heavy atom. The van der Waals surface area contributed by atoms with E-state index in [1.54, 1.807) is 0 Å². The molecule has 0 saturated carbocycles. The van der Waals surface area contributed by atoms with Crippen LogP contribution in [-0.4, -0.2) is 25.4 Å². The van der Waals surface area contributed by atoms with Crippen LogP contribution in [0.15, 0.2) is 24.3 Å². The molecule has 1 rings (SSSR count). The van der Waals surface area contributed by atoms with Crippen molar-refractivity contribution >= 4 is 23.0 Å². The first-order valence-corrected chi connectivity index (χ1v) is 5.56. The molecule has 18 heavy (non-hydrogen) atoms. The third kappa shape index (κ3) is 4.50. The molecule has 0 saturated heterocycles. The number of halogens is 3. The van der Waals surface area contributed by atoms with Crippen molar-refractivity contribution in [3.8, 4) is 0 Å². The molecule has 2 N–H and O–H groups in total. The van der Waals surface area contributed by atoms with E-state index in [2.05, 4.69) is 10.6 Å². The van der Waals surface area contributed by atoms with Crippen LogP contribution in [0.2, 0.25) is 0 Å². The summed E-state index contributed by atoms with van der Waals surface area (Å²) < 4.78 is 42.8. The van der Waals surface area contributed by atoms with Gasteiger partial charge in [0, 0.05) is 13.7 Å². The SMILES string of the molecule is COCCNC(=S)Nc1ccccc1C(F)(F)F. The second kappa shape index (κ2) is 6.55. The summed E-state index contributed by atoms with van der Waals surface area (Å²) in [4.78, 5) is 0. The predicted octanol–water partition coefficient (Wildman–Crippen LogP) is 2.64. The van der Waals surface area contributed by atoms with Gasteiger partial charge < -0.3 is 15.4 Å². The van der Waals surface area contributed by atoms with Crippen molar-refractivity contribution in [1.82, 2.24) is 5.32 Å². The lowest BCUT2D eigenvalue weighted by atomic mass is 10.2. The van der Waals surface area contributed by atoms with Gasteiger partial charge in [-0.2, -0.15) is 13.2 Å². The number of rotatable bonds is 4. The highest BCUT2D eigenvalue weighted by Gasteiger charge is 2.33. The van der Waals surface area contributed by atoms with Crippen LogP contribution in [0.1, 0.15) is 5.56 Å². The van der Waals surface area contributed by atoms with Crippen LogP contribution >= 0.6 is 12.2 Å². The van der Waals surface area contributed by atoms with Gasteiger partial charge in [0.05, 0.1) is 17.9 Å². The van der Waals surface area contributed by atoms with Gasteiger partial charge >= 0.3 is 6.18 Å². The molecule has 0 aliphatic heterocycles. The maximum Gasteiger partial charge on any atom is 0.418 e. The summed E-state index contributed by atoms with van der Waals surface area (Å²) >= 11 is 4.89. The van der Waals surface area contributed by atoms with E-state index in [0.29, 0.717) is 13.2 Å². The molecule has 1 aromatic rings. The normalized spacial score (nSPS) is 11.1. The first-order chi connectivity index (χ1) is 8.45. The average molecular weight is 278 g/mol. The van der Waals surface area contributed by atoms with Crippen molar-refractivity contribution < 1.29 is 17.9 Å². The highest BCUT2D eigenvalue weighted by atomic mass is 32.1. The number of anilines is 1. The van der Waals surface area contributed by atoms with Crippen LogP contribution in [0.3, 0.4) is 0 Å². The zero-order valence-corrected chi connectivity index (χ0v) is 10.5. The van der Waals surface area contributed by atoms with Gasteiger partial charge in [-0.05, 0) is 24.4 Å². The van der Waals surface area contributed by atoms with E-state index < -0.39 is 11.7 Å². The minimum atomic E-state index is -4.41. The van der Waals surface area contributed by atoms with Crippen molar-refractivity contribution in [2.24, 2.45) is 0 Å². The lowest BCUT2D eigenvalue weighted by Gasteiger charge is -2.15. The van der Waals surface area contributed by atoms with Crippen molar-refractivity contribution in [3.63, 3.8) is 0 Å². The van der Waals surface area contributed by atoms with Gasteiger partial charge in [0.1, 0.15) is 0 Å². The Balaban J connectivity index is 2.70. The largest absolute Gasteiger partial charge is 0.418 e. The Bertz CT molecular complexity index is 410. The highest BCUT2D eigenvalue weighted by Crippen LogP contribution is 2.34. The number of hydrogen-bond donors (Lipinski definition) is 2. The number of benzene rings is 1. The van der Waals surface area contributed by atoms with Gasteiger partial charge in [-0.15, -0.1) is 0 Å². The summed E-state index contributed by atoms with van der Waals surface area (Å²) in [6, 6.07) is 5.16. The molecule has 100 valence electrons. The van der Waals surface area contributed by atoms with E-state index in [0.717, 1.165) is 6.07 Å². The van der Waals surface area contributed by atoms with Gasteiger partial charge in [-0.3, -0.25) is 0 Å². The van der Waals surface area contributed by atoms with Crippen LogP contribution in [0.5, 0.6) is 0 Å². The Morgan fingerprint density at radius 3 is 2.61 bits per heavy atom. The van der Waals surface area contributed by atoms with Gasteiger partial charge in [0.25, 0.3) is 0 Å². The third-order valence-corrected chi connectivity index (χ3v) is 2.32. The van der Waals surface area contributed by atoms with Crippen LogP contribution in [0.4, 0.5) is 18.9 Å². The van der Waals surface area contributed by atoms with Crippen LogP contribution < -0.4 is 10.6 Å². The molecule has 0 unspecified atom stereocenters. The molecule has 0 amide bonds. The quantitative estimate of drug-likeness (QED) is 0.655. The highest BCUT2D eigenvalue weighted by molar-refractivity contribution is 7.80. The van der Waals surface area contributed by atoms with E-state index in [1.165, 1.54) is 25.3 Å². The standard InChI is InChI=1S/C11H13F3N2OS/c1-17-7-6-15-10(18)16-9-5-3-2-4-8(9)11(12,13)14/h2-5H,6-7H2,1H3,(H2,15,16,18). The van der Waals surface area contributed by atoms with Crippen LogP contribution in [-0.2, 0) is 10.9 Å². The second-order valence-corrected chi connectivity index (χ2v) is 3.83. The fourth-order valence-corrected chi connectivity index (χ4v) is 1.48. The van der Waals surface area contributed by atoms with Crippen molar-refractivity contribution in [3.05, 3.63) is 29.8 Å². The molecule has 7 heteroatoms. The minimum absolute atomic E-state index is 0.0695. The first kappa shape index (κ1) is 14.7. The fourth-order valence-electron chi connectivity index (χ4n) is 1.27. The van der Waals surface area contributed by atoms with Crippen molar-refractivity contribution in [2.75, 3.05) is 25.6 Å². The molecule has 0 aliphatic rings. The summed E-state index contributed by atoms with van der Waals surface area (Å²) in [5, 5.41) is 5.39. The molecule has 0 heterocycles. The van der Waals surface area contributed by atoms with Crippen LogP contribution in [0, 0.1) is 0 Å². The summed E-state index contributed by atoms with van der Waals surface area (Å²) in [6.07, 6.45) is -4.41. The Hall–Kier alpha value is -1.34. The van der Waals surface area contributed by atoms with E-state index in [-0.39, 0.29) is 10.8 Å². The molecule has 0 radical (unpaired) electrons. The minimum Gasteiger partial charge on any atom is -0.383 e. The van der Waals surface area contributed by atoms with Gasteiger partial charge in [-0.1, -0.05) is 12.1 Å². The molecule has 3 nitrogen and oxygen atoms in total. The maximum atomic E-state index is 12.7. The number of methoxy groups -OCH3 is 1. The molecule has 0 spiro atoms. The molecule has 0 bridgehead atoms.